The summed E-state index contributed by atoms with van der Waals surface area (Å²) in [6.45, 7) is 2.37. The van der Waals surface area contributed by atoms with Gasteiger partial charge in [0.25, 0.3) is 5.69 Å². The largest absolute Gasteiger partial charge is 0.381 e. The first-order chi connectivity index (χ1) is 9.31. The molecule has 0 radical (unpaired) electrons. The Balaban J connectivity index is 3.01. The molecule has 0 aliphatic heterocycles. The van der Waals surface area contributed by atoms with Gasteiger partial charge in [-0.3, -0.25) is 14.9 Å². The molecule has 0 atom stereocenters. The minimum absolute atomic E-state index is 0.0312. The van der Waals surface area contributed by atoms with Crippen LogP contribution in [0.4, 0.5) is 21.5 Å². The Hall–Kier alpha value is -2.22. The van der Waals surface area contributed by atoms with E-state index in [2.05, 4.69) is 10.6 Å². The third-order valence-corrected chi connectivity index (χ3v) is 2.47. The van der Waals surface area contributed by atoms with Crippen LogP contribution < -0.4 is 10.6 Å². The maximum atomic E-state index is 13.8. The number of nitrogens with zero attached hydrogens (tertiary/aromatic N) is 2. The number of nitro benzene ring substituents is 1. The molecule has 1 aromatic rings. The molecule has 0 heterocycles. The Labute approximate surface area is 115 Å². The second-order valence-electron chi connectivity index (χ2n) is 4.52. The van der Waals surface area contributed by atoms with Crippen LogP contribution in [0.2, 0.25) is 0 Å². The minimum Gasteiger partial charge on any atom is -0.381 e. The van der Waals surface area contributed by atoms with Crippen LogP contribution in [-0.2, 0) is 4.79 Å². The highest BCUT2D eigenvalue weighted by atomic mass is 19.1. The standard InChI is InChI=1S/C12H17FN4O3/c1-8(18)15-11-7-10(14-4-5-16(2)3)9(13)6-12(11)17(19)20/h6-7,14H,4-5H2,1-3H3,(H,15,18). The monoisotopic (exact) mass is 284 g/mol. The van der Waals surface area contributed by atoms with Crippen LogP contribution >= 0.6 is 0 Å². The predicted molar refractivity (Wildman–Crippen MR) is 74.4 cm³/mol. The van der Waals surface area contributed by atoms with E-state index in [-0.39, 0.29) is 11.4 Å². The van der Waals surface area contributed by atoms with E-state index in [4.69, 9.17) is 0 Å². The summed E-state index contributed by atoms with van der Waals surface area (Å²) >= 11 is 0. The van der Waals surface area contributed by atoms with Crippen LogP contribution in [0.15, 0.2) is 12.1 Å². The topological polar surface area (TPSA) is 87.5 Å². The number of rotatable bonds is 6. The van der Waals surface area contributed by atoms with Crippen LogP contribution in [0.3, 0.4) is 0 Å². The van der Waals surface area contributed by atoms with E-state index < -0.39 is 22.3 Å². The van der Waals surface area contributed by atoms with Crippen molar-refractivity contribution < 1.29 is 14.1 Å². The number of nitro groups is 1. The van der Waals surface area contributed by atoms with Gasteiger partial charge in [-0.25, -0.2) is 4.39 Å². The highest BCUT2D eigenvalue weighted by molar-refractivity contribution is 5.92. The lowest BCUT2D eigenvalue weighted by atomic mass is 10.2. The molecule has 110 valence electrons. The molecule has 0 aromatic heterocycles. The van der Waals surface area contributed by atoms with Gasteiger partial charge in [-0.2, -0.15) is 0 Å². The molecule has 0 saturated carbocycles. The van der Waals surface area contributed by atoms with Gasteiger partial charge >= 0.3 is 0 Å². The maximum Gasteiger partial charge on any atom is 0.295 e. The second-order valence-corrected chi connectivity index (χ2v) is 4.52. The number of likely N-dealkylation sites (N-methyl/N-ethyl adjacent to an activating group) is 1. The number of hydrogen-bond acceptors (Lipinski definition) is 5. The Kier molecular flexibility index (Phi) is 5.39. The van der Waals surface area contributed by atoms with Gasteiger partial charge in [0, 0.05) is 20.0 Å². The number of carbonyl (C=O) groups excluding carboxylic acids is 1. The average molecular weight is 284 g/mol. The number of amides is 1. The first-order valence-electron chi connectivity index (χ1n) is 5.95. The third-order valence-electron chi connectivity index (χ3n) is 2.47. The van der Waals surface area contributed by atoms with Crippen LogP contribution in [-0.4, -0.2) is 42.9 Å². The zero-order chi connectivity index (χ0) is 15.3. The van der Waals surface area contributed by atoms with E-state index >= 15 is 0 Å². The lowest BCUT2D eigenvalue weighted by Crippen LogP contribution is -2.21. The third kappa shape index (κ3) is 4.47. The Morgan fingerprint density at radius 1 is 1.40 bits per heavy atom. The van der Waals surface area contributed by atoms with Crippen molar-refractivity contribution in [2.75, 3.05) is 37.8 Å². The summed E-state index contributed by atoms with van der Waals surface area (Å²) in [6, 6.07) is 2.02. The molecule has 8 heteroatoms. The predicted octanol–water partition coefficient (Wildman–Crippen LogP) is 1.67. The number of halogens is 1. The normalized spacial score (nSPS) is 10.4. The van der Waals surface area contributed by atoms with Crippen molar-refractivity contribution in [1.29, 1.82) is 0 Å². The Morgan fingerprint density at radius 2 is 2.05 bits per heavy atom. The molecule has 1 amide bonds. The van der Waals surface area contributed by atoms with E-state index in [1.807, 2.05) is 19.0 Å². The van der Waals surface area contributed by atoms with Crippen molar-refractivity contribution in [2.24, 2.45) is 0 Å². The van der Waals surface area contributed by atoms with E-state index in [1.165, 1.54) is 13.0 Å². The molecule has 20 heavy (non-hydrogen) atoms. The van der Waals surface area contributed by atoms with Gasteiger partial charge in [-0.05, 0) is 20.2 Å². The van der Waals surface area contributed by atoms with Crippen molar-refractivity contribution in [2.45, 2.75) is 6.92 Å². The van der Waals surface area contributed by atoms with Gasteiger partial charge in [0.15, 0.2) is 5.82 Å². The highest BCUT2D eigenvalue weighted by Gasteiger charge is 2.19. The minimum atomic E-state index is -0.738. The van der Waals surface area contributed by atoms with Gasteiger partial charge in [0.1, 0.15) is 5.69 Å². The van der Waals surface area contributed by atoms with Crippen LogP contribution in [0, 0.1) is 15.9 Å². The van der Waals surface area contributed by atoms with Crippen LogP contribution in [0.1, 0.15) is 6.92 Å². The fourth-order valence-corrected chi connectivity index (χ4v) is 1.55. The molecular weight excluding hydrogens is 267 g/mol. The van der Waals surface area contributed by atoms with E-state index in [1.54, 1.807) is 0 Å². The van der Waals surface area contributed by atoms with E-state index in [0.717, 1.165) is 6.07 Å². The lowest BCUT2D eigenvalue weighted by molar-refractivity contribution is -0.384. The number of anilines is 2. The van der Waals surface area contributed by atoms with Gasteiger partial charge in [-0.15, -0.1) is 0 Å². The van der Waals surface area contributed by atoms with Crippen molar-refractivity contribution >= 4 is 23.0 Å². The zero-order valence-electron chi connectivity index (χ0n) is 11.6. The molecule has 0 bridgehead atoms. The van der Waals surface area contributed by atoms with Crippen LogP contribution in [0.25, 0.3) is 0 Å². The summed E-state index contributed by atoms with van der Waals surface area (Å²) in [7, 11) is 3.74. The highest BCUT2D eigenvalue weighted by Crippen LogP contribution is 2.30. The molecular formula is C12H17FN4O3. The summed E-state index contributed by atoms with van der Waals surface area (Å²) in [5.41, 5.74) is -0.395. The van der Waals surface area contributed by atoms with Gasteiger partial charge < -0.3 is 15.5 Å². The number of nitrogens with one attached hydrogen (secondary N) is 2. The molecule has 0 spiro atoms. The molecule has 0 fully saturated rings. The van der Waals surface area contributed by atoms with E-state index in [9.17, 15) is 19.3 Å². The first-order valence-corrected chi connectivity index (χ1v) is 5.95. The fraction of sp³-hybridized carbons (Fsp3) is 0.417. The Bertz CT molecular complexity index is 520. The molecule has 0 aliphatic carbocycles. The maximum absolute atomic E-state index is 13.8. The molecule has 0 aliphatic rings. The first kappa shape index (κ1) is 15.8. The molecule has 0 unspecified atom stereocenters. The van der Waals surface area contributed by atoms with Gasteiger partial charge in [0.2, 0.25) is 5.91 Å². The van der Waals surface area contributed by atoms with Gasteiger partial charge in [-0.1, -0.05) is 0 Å². The zero-order valence-corrected chi connectivity index (χ0v) is 11.6. The lowest BCUT2D eigenvalue weighted by Gasteiger charge is -2.13. The molecule has 7 nitrogen and oxygen atoms in total. The van der Waals surface area contributed by atoms with Crippen molar-refractivity contribution in [1.82, 2.24) is 4.90 Å². The quantitative estimate of drug-likeness (QED) is 0.613. The summed E-state index contributed by atoms with van der Waals surface area (Å²) in [5.74, 6) is -1.19. The molecule has 0 saturated heterocycles. The summed E-state index contributed by atoms with van der Waals surface area (Å²) in [6.07, 6.45) is 0. The number of benzene rings is 1. The number of hydrogen-bond donors (Lipinski definition) is 2. The smallest absolute Gasteiger partial charge is 0.295 e. The Morgan fingerprint density at radius 3 is 2.55 bits per heavy atom. The SMILES string of the molecule is CC(=O)Nc1cc(NCCN(C)C)c(F)cc1[N+](=O)[O-]. The van der Waals surface area contributed by atoms with Crippen molar-refractivity contribution in [3.05, 3.63) is 28.1 Å². The molecule has 1 aromatic carbocycles. The summed E-state index contributed by atoms with van der Waals surface area (Å²) in [4.78, 5) is 23.0. The molecule has 2 N–H and O–H groups in total. The van der Waals surface area contributed by atoms with Gasteiger partial charge in [0.05, 0.1) is 16.7 Å². The van der Waals surface area contributed by atoms with Crippen molar-refractivity contribution in [3.63, 3.8) is 0 Å². The van der Waals surface area contributed by atoms with E-state index in [0.29, 0.717) is 13.1 Å². The fourth-order valence-electron chi connectivity index (χ4n) is 1.55. The summed E-state index contributed by atoms with van der Waals surface area (Å²) in [5, 5.41) is 16.0. The second kappa shape index (κ2) is 6.80. The van der Waals surface area contributed by atoms with Crippen molar-refractivity contribution in [3.8, 4) is 0 Å². The number of carbonyl (C=O) groups is 1. The van der Waals surface area contributed by atoms with Crippen LogP contribution in [0.5, 0.6) is 0 Å². The summed E-state index contributed by atoms with van der Waals surface area (Å²) < 4.78 is 13.8. The molecule has 1 rings (SSSR count). The average Bonchev–Trinajstić information content (AvgIpc) is 2.31.